The van der Waals surface area contributed by atoms with Crippen molar-refractivity contribution in [2.24, 2.45) is 0 Å². The molecule has 0 unspecified atom stereocenters. The van der Waals surface area contributed by atoms with Crippen LogP contribution >= 0.6 is 0 Å². The van der Waals surface area contributed by atoms with Crippen LogP contribution in [0.1, 0.15) is 11.1 Å². The van der Waals surface area contributed by atoms with Crippen LogP contribution < -0.4 is 19.7 Å². The molecule has 13 heteroatoms. The summed E-state index contributed by atoms with van der Waals surface area (Å²) in [6, 6.07) is 9.84. The van der Waals surface area contributed by atoms with Gasteiger partial charge in [0.15, 0.2) is 0 Å². The normalized spacial score (nSPS) is 11.7. The molecule has 33 heavy (non-hydrogen) atoms. The molecule has 0 fully saturated rings. The maximum atomic E-state index is 13.5. The number of ether oxygens (including phenoxy) is 1. The zero-order valence-electron chi connectivity index (χ0n) is 17.9. The highest BCUT2D eigenvalue weighted by atomic mass is 32.2. The fraction of sp³-hybridized carbons (Fsp3) is 0.250. The molecule has 0 aliphatic rings. The van der Waals surface area contributed by atoms with E-state index in [9.17, 15) is 21.6 Å². The Morgan fingerprint density at radius 1 is 1.15 bits per heavy atom. The smallest absolute Gasteiger partial charge is 0.421 e. The zero-order chi connectivity index (χ0) is 24.2. The molecule has 0 aliphatic carbocycles. The summed E-state index contributed by atoms with van der Waals surface area (Å²) >= 11 is 0. The summed E-state index contributed by atoms with van der Waals surface area (Å²) < 4.78 is 70.5. The van der Waals surface area contributed by atoms with Crippen LogP contribution in [-0.4, -0.2) is 43.8 Å². The second-order valence-electron chi connectivity index (χ2n) is 6.88. The van der Waals surface area contributed by atoms with Gasteiger partial charge in [-0.3, -0.25) is 4.31 Å². The molecule has 0 aliphatic heterocycles. The number of hydrogen-bond acceptors (Lipinski definition) is 8. The van der Waals surface area contributed by atoms with Crippen molar-refractivity contribution in [1.82, 2.24) is 15.0 Å². The predicted octanol–water partition coefficient (Wildman–Crippen LogP) is 3.65. The summed E-state index contributed by atoms with van der Waals surface area (Å²) in [4.78, 5) is 11.8. The number of rotatable bonds is 8. The van der Waals surface area contributed by atoms with Crippen molar-refractivity contribution >= 4 is 33.3 Å². The first kappa shape index (κ1) is 24.0. The van der Waals surface area contributed by atoms with E-state index in [-0.39, 0.29) is 18.3 Å². The largest absolute Gasteiger partial charge is 0.497 e. The average molecular weight is 482 g/mol. The van der Waals surface area contributed by atoms with Gasteiger partial charge in [0, 0.05) is 43.3 Å². The molecule has 2 aromatic heterocycles. The van der Waals surface area contributed by atoms with E-state index in [0.717, 1.165) is 10.6 Å². The number of halogens is 3. The fourth-order valence-corrected chi connectivity index (χ4v) is 3.28. The van der Waals surface area contributed by atoms with E-state index in [1.807, 2.05) is 0 Å². The van der Waals surface area contributed by atoms with Crippen LogP contribution in [0.4, 0.5) is 36.4 Å². The molecule has 1 aromatic carbocycles. The van der Waals surface area contributed by atoms with Gasteiger partial charge >= 0.3 is 6.18 Å². The van der Waals surface area contributed by atoms with Gasteiger partial charge in [0.05, 0.1) is 13.4 Å². The number of aromatic nitrogens is 3. The minimum Gasteiger partial charge on any atom is -0.497 e. The Balaban J connectivity index is 1.91. The lowest BCUT2D eigenvalue weighted by Gasteiger charge is -2.20. The van der Waals surface area contributed by atoms with Crippen molar-refractivity contribution < 1.29 is 26.3 Å². The summed E-state index contributed by atoms with van der Waals surface area (Å²) in [5.74, 6) is 0.0901. The molecule has 3 aromatic rings. The van der Waals surface area contributed by atoms with Crippen molar-refractivity contribution in [3.05, 3.63) is 59.9 Å². The van der Waals surface area contributed by atoms with Gasteiger partial charge in [0.1, 0.15) is 22.9 Å². The van der Waals surface area contributed by atoms with E-state index >= 15 is 0 Å². The lowest BCUT2D eigenvalue weighted by molar-refractivity contribution is -0.137. The molecule has 0 saturated carbocycles. The van der Waals surface area contributed by atoms with E-state index in [1.54, 1.807) is 36.4 Å². The van der Waals surface area contributed by atoms with E-state index < -0.39 is 27.6 Å². The second-order valence-corrected chi connectivity index (χ2v) is 8.89. The summed E-state index contributed by atoms with van der Waals surface area (Å²) in [6.07, 6.45) is -1.65. The first-order valence-electron chi connectivity index (χ1n) is 9.46. The highest BCUT2D eigenvalue weighted by molar-refractivity contribution is 7.92. The number of hydrogen-bond donors (Lipinski definition) is 2. The lowest BCUT2D eigenvalue weighted by atomic mass is 10.2. The van der Waals surface area contributed by atoms with Crippen LogP contribution in [-0.2, 0) is 22.7 Å². The summed E-state index contributed by atoms with van der Waals surface area (Å²) in [5, 5.41) is 5.47. The Kier molecular flexibility index (Phi) is 6.91. The molecular formula is C20H21F3N6O3S. The minimum atomic E-state index is -4.71. The van der Waals surface area contributed by atoms with E-state index in [0.29, 0.717) is 23.2 Å². The van der Waals surface area contributed by atoms with Crippen LogP contribution in [0.15, 0.2) is 48.8 Å². The summed E-state index contributed by atoms with van der Waals surface area (Å²) in [5.41, 5.74) is -0.190. The molecule has 3 rings (SSSR count). The number of anilines is 4. The molecule has 9 nitrogen and oxygen atoms in total. The number of nitrogens with zero attached hydrogens (tertiary/aromatic N) is 4. The maximum absolute atomic E-state index is 13.5. The quantitative estimate of drug-likeness (QED) is 0.501. The molecule has 0 amide bonds. The molecule has 0 bridgehead atoms. The Morgan fingerprint density at radius 2 is 1.91 bits per heavy atom. The Labute approximate surface area is 188 Å². The third-order valence-electron chi connectivity index (χ3n) is 4.53. The number of pyridine rings is 1. The molecule has 2 N–H and O–H groups in total. The van der Waals surface area contributed by atoms with Crippen LogP contribution in [0.5, 0.6) is 5.75 Å². The average Bonchev–Trinajstić information content (AvgIpc) is 2.76. The van der Waals surface area contributed by atoms with Crippen molar-refractivity contribution in [3.8, 4) is 5.75 Å². The molecule has 0 radical (unpaired) electrons. The summed E-state index contributed by atoms with van der Waals surface area (Å²) in [7, 11) is -0.824. The summed E-state index contributed by atoms with van der Waals surface area (Å²) in [6.45, 7) is -0.165. The van der Waals surface area contributed by atoms with Crippen molar-refractivity contribution in [2.75, 3.05) is 35.4 Å². The molecule has 0 spiro atoms. The van der Waals surface area contributed by atoms with Gasteiger partial charge in [0.25, 0.3) is 0 Å². The Morgan fingerprint density at radius 3 is 2.58 bits per heavy atom. The van der Waals surface area contributed by atoms with Crippen LogP contribution in [0.2, 0.25) is 0 Å². The van der Waals surface area contributed by atoms with E-state index in [2.05, 4.69) is 25.6 Å². The van der Waals surface area contributed by atoms with Gasteiger partial charge in [-0.2, -0.15) is 18.2 Å². The first-order valence-corrected chi connectivity index (χ1v) is 11.3. The van der Waals surface area contributed by atoms with Gasteiger partial charge < -0.3 is 15.4 Å². The number of methoxy groups -OCH3 is 1. The first-order chi connectivity index (χ1) is 15.5. The molecule has 176 valence electrons. The van der Waals surface area contributed by atoms with Gasteiger partial charge in [-0.15, -0.1) is 0 Å². The third kappa shape index (κ3) is 6.00. The third-order valence-corrected chi connectivity index (χ3v) is 5.70. The number of sulfonamides is 1. The van der Waals surface area contributed by atoms with Crippen molar-refractivity contribution in [3.63, 3.8) is 0 Å². The maximum Gasteiger partial charge on any atom is 0.421 e. The molecule has 0 atom stereocenters. The van der Waals surface area contributed by atoms with Crippen LogP contribution in [0, 0.1) is 0 Å². The topological polar surface area (TPSA) is 109 Å². The SMILES string of the molecule is COc1cccc(Nc2ncc(C(F)(F)F)c(NCc3cccnc3N(C)S(C)(=O)=O)n2)c1. The Bertz CT molecular complexity index is 1240. The van der Waals surface area contributed by atoms with Crippen molar-refractivity contribution in [2.45, 2.75) is 12.7 Å². The molecule has 0 saturated heterocycles. The zero-order valence-corrected chi connectivity index (χ0v) is 18.7. The molecular weight excluding hydrogens is 461 g/mol. The number of alkyl halides is 3. The van der Waals surface area contributed by atoms with Gasteiger partial charge in [-0.1, -0.05) is 12.1 Å². The lowest BCUT2D eigenvalue weighted by Crippen LogP contribution is -2.27. The minimum absolute atomic E-state index is 0.0709. The van der Waals surface area contributed by atoms with E-state index in [1.165, 1.54) is 20.4 Å². The Hall–Kier alpha value is -3.61. The van der Waals surface area contributed by atoms with Gasteiger partial charge in [-0.25, -0.2) is 18.4 Å². The standard InChI is InChI=1S/C20H21F3N6O3S/c1-29(33(3,30)31)18-13(6-5-9-24-18)11-25-17-16(20(21,22)23)12-26-19(28-17)27-14-7-4-8-15(10-14)32-2/h4-10,12H,11H2,1-3H3,(H2,25,26,27,28). The number of nitrogens with one attached hydrogen (secondary N) is 2. The fourth-order valence-electron chi connectivity index (χ4n) is 2.80. The molecule has 2 heterocycles. The monoisotopic (exact) mass is 482 g/mol. The predicted molar refractivity (Wildman–Crippen MR) is 118 cm³/mol. The van der Waals surface area contributed by atoms with Crippen LogP contribution in [0.25, 0.3) is 0 Å². The van der Waals surface area contributed by atoms with Gasteiger partial charge in [0.2, 0.25) is 16.0 Å². The second kappa shape index (κ2) is 9.48. The van der Waals surface area contributed by atoms with Crippen molar-refractivity contribution in [1.29, 1.82) is 0 Å². The number of benzene rings is 1. The van der Waals surface area contributed by atoms with Gasteiger partial charge in [-0.05, 0) is 18.2 Å². The van der Waals surface area contributed by atoms with Crippen LogP contribution in [0.3, 0.4) is 0 Å². The highest BCUT2D eigenvalue weighted by Gasteiger charge is 2.35. The highest BCUT2D eigenvalue weighted by Crippen LogP contribution is 2.34. The van der Waals surface area contributed by atoms with E-state index in [4.69, 9.17) is 4.74 Å².